The number of nitrogens with zero attached hydrogens (tertiary/aromatic N) is 1. The van der Waals surface area contributed by atoms with Gasteiger partial charge in [0.1, 0.15) is 17.3 Å². The molecule has 132 valence electrons. The van der Waals surface area contributed by atoms with Crippen molar-refractivity contribution in [1.29, 1.82) is 0 Å². The van der Waals surface area contributed by atoms with Gasteiger partial charge in [0.25, 0.3) is 0 Å². The van der Waals surface area contributed by atoms with Crippen LogP contribution in [0.2, 0.25) is 0 Å². The van der Waals surface area contributed by atoms with Crippen LogP contribution < -0.4 is 0 Å². The summed E-state index contributed by atoms with van der Waals surface area (Å²) in [5.41, 5.74) is 0. The first kappa shape index (κ1) is 17.8. The molecule has 0 N–H and O–H groups in total. The van der Waals surface area contributed by atoms with E-state index in [4.69, 9.17) is 9.47 Å². The molecule has 25 heavy (non-hydrogen) atoms. The molecule has 0 saturated carbocycles. The van der Waals surface area contributed by atoms with Crippen LogP contribution in [0.5, 0.6) is 0 Å². The monoisotopic (exact) mass is 379 g/mol. The van der Waals surface area contributed by atoms with Gasteiger partial charge in [-0.2, -0.15) is 0 Å². The molecule has 1 aromatic heterocycles. The number of benzene rings is 1. The molecule has 0 bridgehead atoms. The summed E-state index contributed by atoms with van der Waals surface area (Å²) in [5.74, 6) is 0. The molecule has 0 amide bonds. The maximum absolute atomic E-state index is 13.0. The second-order valence-electron chi connectivity index (χ2n) is 5.45. The van der Waals surface area contributed by atoms with Gasteiger partial charge in [-0.1, -0.05) is 36.0 Å². The number of carbonyl (C=O) groups excluding carboxylic acids is 1. The normalized spacial score (nSPS) is 18.4. The topological polar surface area (TPSA) is 82.6 Å². The van der Waals surface area contributed by atoms with Gasteiger partial charge in [0, 0.05) is 6.20 Å². The summed E-state index contributed by atoms with van der Waals surface area (Å²) in [6, 6.07) is 13.7. The maximum Gasteiger partial charge on any atom is 0.508 e. The van der Waals surface area contributed by atoms with E-state index in [1.807, 2.05) is 6.07 Å². The van der Waals surface area contributed by atoms with Crippen LogP contribution >= 0.6 is 11.8 Å². The Balaban J connectivity index is 1.79. The zero-order valence-corrected chi connectivity index (χ0v) is 14.9. The highest BCUT2D eigenvalue weighted by molar-refractivity contribution is 8.13. The van der Waals surface area contributed by atoms with Crippen molar-refractivity contribution in [1.82, 2.24) is 4.98 Å². The average Bonchev–Trinajstić information content (AvgIpc) is 3.05. The number of pyridine rings is 1. The van der Waals surface area contributed by atoms with Crippen molar-refractivity contribution in [3.8, 4) is 0 Å². The molecule has 1 saturated heterocycles. The maximum atomic E-state index is 13.0. The Morgan fingerprint density at radius 1 is 1.16 bits per heavy atom. The molecule has 6 nitrogen and oxygen atoms in total. The van der Waals surface area contributed by atoms with E-state index < -0.39 is 26.7 Å². The zero-order chi connectivity index (χ0) is 17.7. The highest BCUT2D eigenvalue weighted by atomic mass is 32.3. The lowest BCUT2D eigenvalue weighted by atomic mass is 10.2. The van der Waals surface area contributed by atoms with E-state index in [0.717, 1.165) is 0 Å². The molecule has 1 aliphatic rings. The Kier molecular flexibility index (Phi) is 5.60. The molecule has 8 heteroatoms. The van der Waals surface area contributed by atoms with Gasteiger partial charge in [0.2, 0.25) is 0 Å². The van der Waals surface area contributed by atoms with Crippen LogP contribution in [-0.2, 0) is 19.3 Å². The van der Waals surface area contributed by atoms with Crippen molar-refractivity contribution in [3.63, 3.8) is 0 Å². The summed E-state index contributed by atoms with van der Waals surface area (Å²) in [7, 11) is -3.56. The largest absolute Gasteiger partial charge is 0.508 e. The van der Waals surface area contributed by atoms with Gasteiger partial charge in [-0.25, -0.2) is 18.2 Å². The minimum absolute atomic E-state index is 0.158. The second-order valence-corrected chi connectivity index (χ2v) is 9.10. The predicted octanol–water partition coefficient (Wildman–Crippen LogP) is 3.29. The third-order valence-electron chi connectivity index (χ3n) is 3.68. The molecule has 1 aliphatic heterocycles. The molecule has 2 aromatic rings. The van der Waals surface area contributed by atoms with Crippen molar-refractivity contribution >= 4 is 27.8 Å². The van der Waals surface area contributed by atoms with Crippen molar-refractivity contribution in [2.24, 2.45) is 0 Å². The first-order valence-corrected chi connectivity index (χ1v) is 10.2. The number of rotatable bonds is 7. The Morgan fingerprint density at radius 2 is 1.92 bits per heavy atom. The van der Waals surface area contributed by atoms with Crippen molar-refractivity contribution in [3.05, 3.63) is 54.7 Å². The quantitative estimate of drug-likeness (QED) is 0.539. The zero-order valence-electron chi connectivity index (χ0n) is 13.3. The van der Waals surface area contributed by atoms with Crippen LogP contribution in [0.15, 0.2) is 64.6 Å². The molecular weight excluding hydrogens is 362 g/mol. The summed E-state index contributed by atoms with van der Waals surface area (Å²) in [5, 5.41) is 0.631. The van der Waals surface area contributed by atoms with Gasteiger partial charge >= 0.3 is 6.16 Å². The molecule has 0 spiro atoms. The third kappa shape index (κ3) is 4.52. The van der Waals surface area contributed by atoms with E-state index in [2.05, 4.69) is 4.98 Å². The summed E-state index contributed by atoms with van der Waals surface area (Å²) in [4.78, 5) is 15.5. The van der Waals surface area contributed by atoms with Crippen LogP contribution in [0.1, 0.15) is 12.8 Å². The predicted molar refractivity (Wildman–Crippen MR) is 93.0 cm³/mol. The van der Waals surface area contributed by atoms with Crippen molar-refractivity contribution in [2.75, 3.05) is 6.61 Å². The first-order chi connectivity index (χ1) is 12.1. The minimum Gasteiger partial charge on any atom is -0.430 e. The van der Waals surface area contributed by atoms with Crippen molar-refractivity contribution < 1.29 is 22.7 Å². The van der Waals surface area contributed by atoms with Crippen LogP contribution in [-0.4, -0.2) is 36.8 Å². The fourth-order valence-corrected chi connectivity index (χ4v) is 5.64. The molecule has 2 atom stereocenters. The lowest BCUT2D eigenvalue weighted by Gasteiger charge is -2.18. The Morgan fingerprint density at radius 3 is 2.56 bits per heavy atom. The lowest BCUT2D eigenvalue weighted by molar-refractivity contribution is 0.116. The molecule has 0 aliphatic carbocycles. The number of cyclic esters (lactones) is 2. The molecule has 0 radical (unpaired) electrons. The van der Waals surface area contributed by atoms with Gasteiger partial charge < -0.3 is 9.47 Å². The second kappa shape index (κ2) is 7.88. The van der Waals surface area contributed by atoms with Gasteiger partial charge in [0.15, 0.2) is 9.84 Å². The summed E-state index contributed by atoms with van der Waals surface area (Å²) in [6.45, 7) is 0.158. The molecule has 1 fully saturated rings. The van der Waals surface area contributed by atoms with E-state index in [1.54, 1.807) is 48.7 Å². The number of hydrogen-bond donors (Lipinski definition) is 0. The van der Waals surface area contributed by atoms with Crippen LogP contribution in [0, 0.1) is 0 Å². The average molecular weight is 379 g/mol. The van der Waals surface area contributed by atoms with Crippen LogP contribution in [0.3, 0.4) is 0 Å². The number of carbonyl (C=O) groups is 1. The number of aromatic nitrogens is 1. The molecule has 1 aromatic carbocycles. The smallest absolute Gasteiger partial charge is 0.430 e. The summed E-state index contributed by atoms with van der Waals surface area (Å²) < 4.78 is 35.1. The Bertz CT molecular complexity index is 811. The number of ether oxygens (including phenoxy) is 2. The van der Waals surface area contributed by atoms with E-state index >= 15 is 0 Å². The summed E-state index contributed by atoms with van der Waals surface area (Å²) >= 11 is 1.19. The van der Waals surface area contributed by atoms with Crippen LogP contribution in [0.4, 0.5) is 4.79 Å². The van der Waals surface area contributed by atoms with E-state index in [9.17, 15) is 13.2 Å². The molecule has 2 heterocycles. The first-order valence-electron chi connectivity index (χ1n) is 7.76. The Labute approximate surface area is 150 Å². The lowest BCUT2D eigenvalue weighted by Crippen LogP contribution is -2.21. The van der Waals surface area contributed by atoms with Crippen molar-refractivity contribution in [2.45, 2.75) is 33.4 Å². The van der Waals surface area contributed by atoms with Gasteiger partial charge in [-0.3, -0.25) is 0 Å². The fraction of sp³-hybridized carbons (Fsp3) is 0.294. The van der Waals surface area contributed by atoms with E-state index in [-0.39, 0.29) is 11.5 Å². The minimum atomic E-state index is -3.56. The number of thioether (sulfide) groups is 1. The van der Waals surface area contributed by atoms with Gasteiger partial charge in [0.05, 0.1) is 9.92 Å². The summed E-state index contributed by atoms with van der Waals surface area (Å²) in [6.07, 6.45) is 1.23. The molecule has 3 rings (SSSR count). The van der Waals surface area contributed by atoms with E-state index in [0.29, 0.717) is 17.9 Å². The van der Waals surface area contributed by atoms with Gasteiger partial charge in [-0.15, -0.1) is 0 Å². The molecular formula is C17H17NO5S2. The van der Waals surface area contributed by atoms with Gasteiger partial charge in [-0.05, 0) is 37.1 Å². The SMILES string of the molecule is O=C1OCC(CCC(Sc2ccccn2)S(=O)(=O)c2ccccc2)O1. The number of sulfone groups is 1. The highest BCUT2D eigenvalue weighted by Gasteiger charge is 2.32. The molecule has 2 unspecified atom stereocenters. The standard InChI is InChI=1S/C17H17NO5S2/c19-17-22-12-13(23-17)9-10-16(24-15-8-4-5-11-18-15)25(20,21)14-6-2-1-3-7-14/h1-8,11,13,16H,9-10,12H2. The Hall–Kier alpha value is -2.06. The van der Waals surface area contributed by atoms with Crippen LogP contribution in [0.25, 0.3) is 0 Å². The fourth-order valence-electron chi connectivity index (χ4n) is 2.42. The van der Waals surface area contributed by atoms with E-state index in [1.165, 1.54) is 11.8 Å². The number of hydrogen-bond acceptors (Lipinski definition) is 7. The third-order valence-corrected chi connectivity index (χ3v) is 7.57. The highest BCUT2D eigenvalue weighted by Crippen LogP contribution is 2.33.